The first-order valence-corrected chi connectivity index (χ1v) is 38.5. The summed E-state index contributed by atoms with van der Waals surface area (Å²) in [6, 6.07) is 84.4. The predicted octanol–water partition coefficient (Wildman–Crippen LogP) is 33.9. The smallest absolute Gasteiger partial charge is 0.120 e. The molecule has 0 fully saturated rings. The number of benzene rings is 11. The Morgan fingerprint density at radius 2 is 0.773 bits per heavy atom. The van der Waals surface area contributed by atoms with Crippen molar-refractivity contribution < 1.29 is 14.2 Å². The van der Waals surface area contributed by atoms with Crippen LogP contribution in [0.5, 0.6) is 17.2 Å². The van der Waals surface area contributed by atoms with Crippen molar-refractivity contribution in [3.05, 3.63) is 451 Å². The van der Waals surface area contributed by atoms with Gasteiger partial charge in [0.25, 0.3) is 0 Å². The molecule has 3 nitrogen and oxygen atoms in total. The van der Waals surface area contributed by atoms with E-state index >= 15 is 0 Å². The first kappa shape index (κ1) is 98.6. The van der Waals surface area contributed by atoms with E-state index < -0.39 is 0 Å². The number of halogens is 8. The molecule has 0 aliphatic carbocycles. The van der Waals surface area contributed by atoms with Crippen molar-refractivity contribution in [2.24, 2.45) is 0 Å². The van der Waals surface area contributed by atoms with Crippen LogP contribution in [0.2, 0.25) is 25.1 Å². The second-order valence-electron chi connectivity index (χ2n) is 24.5. The standard InChI is InChI=1S/C12H16O.C12H16.C9H10O.3C8H7Br.C8H6Cl2.3C8H7Cl.C7H6O.C3H4/c1-5-10-6-8-11(9-7-10)13-12(2,3)4;1-5-10-6-8-11(9-7-10)12(2,3)4;1-3-8-5-4-6-9(7-8)10-2;1-2-7-3-5-8(9)6-4-7;1-2-7-4-3-5-8(9)6-7;1-2-7-5-3-4-6-8(7)9;1-2-6-7(9)4-3-5-8(6)10;1-2-7-3-5-8(9)6-4-7;1-2-7-4-3-5-8(9)6-7;1-2-7-5-3-4-6-8(7)9;1-3-7-4-2-6(1)5-8-7;1-3-2/h5-9H,1H2,2-4H3;5-9H,1H2,2-4H3;3-7H,1H2,2H3;3*2-6H,1H2;2-5H,1H2;3*2-6H,1H2;1-4H,5H2;1-2H2. The van der Waals surface area contributed by atoms with Gasteiger partial charge in [-0.05, 0) is 197 Å². The van der Waals surface area contributed by atoms with Gasteiger partial charge < -0.3 is 14.2 Å². The van der Waals surface area contributed by atoms with Gasteiger partial charge in [0.2, 0.25) is 0 Å². The van der Waals surface area contributed by atoms with E-state index in [0.29, 0.717) is 10.0 Å². The summed E-state index contributed by atoms with van der Waals surface area (Å²) in [7, 11) is 1.65. The van der Waals surface area contributed by atoms with E-state index in [9.17, 15) is 0 Å². The second-order valence-corrected chi connectivity index (χ2v) is 29.3. The number of hydrogen-bond acceptors (Lipinski definition) is 3. The van der Waals surface area contributed by atoms with Crippen LogP contribution in [0.1, 0.15) is 108 Å². The first-order valence-electron chi connectivity index (χ1n) is 34.3. The zero-order chi connectivity index (χ0) is 82.3. The number of fused-ring (bicyclic) bond motifs is 3. The summed E-state index contributed by atoms with van der Waals surface area (Å²) in [6.07, 6.45) is 17.9. The molecule has 2 aliphatic heterocycles. The van der Waals surface area contributed by atoms with Crippen LogP contribution in [0, 0.1) is 0 Å². The van der Waals surface area contributed by atoms with E-state index in [4.69, 9.17) is 72.2 Å². The summed E-state index contributed by atoms with van der Waals surface area (Å²) >= 11 is 38.7. The van der Waals surface area contributed by atoms with Gasteiger partial charge in [0.05, 0.1) is 7.11 Å². The minimum Gasteiger partial charge on any atom is -0.497 e. The SMILES string of the molecule is C=C=C.C=Cc1c(Cl)cccc1Cl.C=Cc1ccc(Br)cc1.C=Cc1ccc(C(C)(C)C)cc1.C=Cc1ccc(Cl)cc1.C=Cc1ccc(OC(C)(C)C)cc1.C=Cc1cccc(Br)c1.C=Cc1cccc(Cl)c1.C=Cc1cccc(OC)c1.C=Cc1ccccc1Br.C=Cc1ccccc1Cl.c1cc2ccc1CO2. The molecule has 0 saturated heterocycles. The molecule has 0 spiro atoms. The Balaban J connectivity index is 0.000000604. The molecule has 0 radical (unpaired) electrons. The minimum atomic E-state index is -0.129. The van der Waals surface area contributed by atoms with Crippen LogP contribution in [-0.4, -0.2) is 12.7 Å². The largest absolute Gasteiger partial charge is 0.497 e. The van der Waals surface area contributed by atoms with Crippen molar-refractivity contribution in [3.63, 3.8) is 0 Å². The fourth-order valence-corrected chi connectivity index (χ4v) is 10.4. The molecule has 0 saturated carbocycles. The summed E-state index contributed by atoms with van der Waals surface area (Å²) in [6.45, 7) is 56.2. The molecule has 2 aliphatic rings. The third-order valence-corrected chi connectivity index (χ3v) is 17.3. The molecule has 0 amide bonds. The molecule has 2 heterocycles. The Hall–Kier alpha value is -9.37. The number of methoxy groups -OCH3 is 1. The van der Waals surface area contributed by atoms with Crippen LogP contribution in [0.15, 0.2) is 359 Å². The molecule has 11 aromatic carbocycles. The highest BCUT2D eigenvalue weighted by Crippen LogP contribution is 2.27. The minimum absolute atomic E-state index is 0.129. The van der Waals surface area contributed by atoms with E-state index in [1.807, 2.05) is 257 Å². The maximum Gasteiger partial charge on any atom is 0.120 e. The van der Waals surface area contributed by atoms with Crippen molar-refractivity contribution in [1.29, 1.82) is 0 Å². The van der Waals surface area contributed by atoms with Crippen LogP contribution in [0.3, 0.4) is 0 Å². The van der Waals surface area contributed by atoms with Gasteiger partial charge in [-0.25, -0.2) is 0 Å². The maximum atomic E-state index is 5.77. The first-order chi connectivity index (χ1) is 52.5. The van der Waals surface area contributed by atoms with Crippen LogP contribution in [0.4, 0.5) is 0 Å². The Morgan fingerprint density at radius 1 is 0.364 bits per heavy atom. The summed E-state index contributed by atoms with van der Waals surface area (Å²) in [5, 5.41) is 3.56. The zero-order valence-corrected chi connectivity index (χ0v) is 72.6. The molecule has 570 valence electrons. The highest BCUT2D eigenvalue weighted by atomic mass is 79.9. The average molecular weight is 1750 g/mol. The maximum absolute atomic E-state index is 5.77. The topological polar surface area (TPSA) is 27.7 Å². The van der Waals surface area contributed by atoms with Crippen LogP contribution in [-0.2, 0) is 12.0 Å². The molecule has 0 N–H and O–H groups in total. The van der Waals surface area contributed by atoms with Crippen molar-refractivity contribution in [2.75, 3.05) is 7.11 Å². The van der Waals surface area contributed by atoms with E-state index in [0.717, 1.165) is 102 Å². The summed E-state index contributed by atoms with van der Waals surface area (Å²) < 4.78 is 19.2. The van der Waals surface area contributed by atoms with Crippen LogP contribution in [0.25, 0.3) is 60.8 Å². The predicted molar refractivity (Wildman–Crippen MR) is 505 cm³/mol. The third kappa shape index (κ3) is 44.9. The van der Waals surface area contributed by atoms with Gasteiger partial charge in [-0.3, -0.25) is 0 Å². The molecule has 2 bridgehead atoms. The second kappa shape index (κ2) is 57.7. The number of rotatable bonds is 12. The fourth-order valence-electron chi connectivity index (χ4n) is 8.21. The summed E-state index contributed by atoms with van der Waals surface area (Å²) in [4.78, 5) is 0. The molecular weight excluding hydrogens is 1650 g/mol. The van der Waals surface area contributed by atoms with Crippen molar-refractivity contribution in [3.8, 4) is 17.2 Å². The fraction of sp³-hybridized carbons (Fsp3) is 0.101. The van der Waals surface area contributed by atoms with Gasteiger partial charge in [-0.15, -0.1) is 5.73 Å². The lowest BCUT2D eigenvalue weighted by atomic mass is 9.87. The Kier molecular flexibility index (Phi) is 51.7. The Morgan fingerprint density at radius 3 is 1.11 bits per heavy atom. The van der Waals surface area contributed by atoms with E-state index in [1.54, 1.807) is 55.7 Å². The average Bonchev–Trinajstić information content (AvgIpc) is 0.868. The molecule has 0 unspecified atom stereocenters. The third-order valence-electron chi connectivity index (χ3n) is 14.0. The molecule has 13 rings (SSSR count). The van der Waals surface area contributed by atoms with E-state index in [-0.39, 0.29) is 11.0 Å². The van der Waals surface area contributed by atoms with Gasteiger partial charge in [0.15, 0.2) is 0 Å². The molecule has 11 aromatic rings. The van der Waals surface area contributed by atoms with Gasteiger partial charge in [-0.1, -0.05) is 418 Å². The molecule has 0 atom stereocenters. The van der Waals surface area contributed by atoms with Gasteiger partial charge in [-0.2, -0.15) is 0 Å². The lowest BCUT2D eigenvalue weighted by Gasteiger charge is -2.21. The van der Waals surface area contributed by atoms with Gasteiger partial charge >= 0.3 is 0 Å². The quantitative estimate of drug-likeness (QED) is 0.114. The van der Waals surface area contributed by atoms with Crippen LogP contribution >= 0.6 is 106 Å². The highest BCUT2D eigenvalue weighted by Gasteiger charge is 2.13. The lowest BCUT2D eigenvalue weighted by Crippen LogP contribution is -2.22. The summed E-state index contributed by atoms with van der Waals surface area (Å²) in [5.74, 6) is 2.76. The van der Waals surface area contributed by atoms with Crippen molar-refractivity contribution in [2.45, 2.75) is 59.2 Å². The molecule has 0 aromatic heterocycles. The highest BCUT2D eigenvalue weighted by molar-refractivity contribution is 9.11. The monoisotopic (exact) mass is 1750 g/mol. The Labute approximate surface area is 708 Å². The van der Waals surface area contributed by atoms with Crippen LogP contribution < -0.4 is 14.2 Å². The van der Waals surface area contributed by atoms with Crippen molar-refractivity contribution in [1.82, 2.24) is 0 Å². The Bertz CT molecular complexity index is 4390. The van der Waals surface area contributed by atoms with Gasteiger partial charge in [0, 0.05) is 44.1 Å². The van der Waals surface area contributed by atoms with Crippen molar-refractivity contribution >= 4 is 167 Å². The normalized spacial score (nSPS) is 9.66. The summed E-state index contributed by atoms with van der Waals surface area (Å²) in [5.41, 5.74) is 15.7. The number of hydrogen-bond donors (Lipinski definition) is 0. The molecule has 11 heteroatoms. The zero-order valence-electron chi connectivity index (χ0n) is 64.0. The molecular formula is C99H100Br3Cl5O3. The lowest BCUT2D eigenvalue weighted by molar-refractivity contribution is 0.131. The van der Waals surface area contributed by atoms with E-state index in [2.05, 4.69) is 190 Å². The number of ether oxygens (including phenoxy) is 3. The van der Waals surface area contributed by atoms with E-state index in [1.165, 1.54) is 16.7 Å². The van der Waals surface area contributed by atoms with Gasteiger partial charge in [0.1, 0.15) is 29.5 Å². The molecule has 110 heavy (non-hydrogen) atoms.